The molecule has 0 bridgehead atoms. The first-order valence-corrected chi connectivity index (χ1v) is 9.82. The average Bonchev–Trinajstić information content (AvgIpc) is 3.32. The molecule has 2 atom stereocenters. The van der Waals surface area contributed by atoms with Gasteiger partial charge in [0.15, 0.2) is 0 Å². The molecule has 0 unspecified atom stereocenters. The maximum atomic E-state index is 12.6. The van der Waals surface area contributed by atoms with Crippen molar-refractivity contribution in [3.63, 3.8) is 0 Å². The van der Waals surface area contributed by atoms with E-state index >= 15 is 0 Å². The predicted octanol–water partition coefficient (Wildman–Crippen LogP) is 1.58. The minimum Gasteiger partial charge on any atom is -0.351 e. The number of pyridine rings is 1. The van der Waals surface area contributed by atoms with Gasteiger partial charge in [0.05, 0.1) is 17.1 Å². The minimum absolute atomic E-state index is 0.0397. The number of carbonyl (C=O) groups excluding carboxylic acids is 2. The molecule has 8 nitrogen and oxygen atoms in total. The number of rotatable bonds is 4. The van der Waals surface area contributed by atoms with E-state index in [4.69, 9.17) is 0 Å². The van der Waals surface area contributed by atoms with E-state index in [1.807, 2.05) is 14.0 Å². The van der Waals surface area contributed by atoms with E-state index < -0.39 is 0 Å². The van der Waals surface area contributed by atoms with Crippen LogP contribution in [0.4, 0.5) is 0 Å². The van der Waals surface area contributed by atoms with Crippen LogP contribution >= 0.6 is 11.3 Å². The number of likely N-dealkylation sites (tertiary alicyclic amines) is 1. The number of hydrogen-bond acceptors (Lipinski definition) is 5. The van der Waals surface area contributed by atoms with Crippen LogP contribution in [0, 0.1) is 12.8 Å². The molecule has 1 saturated heterocycles. The van der Waals surface area contributed by atoms with Crippen molar-refractivity contribution in [3.05, 3.63) is 51.0 Å². The Morgan fingerprint density at radius 3 is 2.86 bits per heavy atom. The van der Waals surface area contributed by atoms with Gasteiger partial charge in [-0.3, -0.25) is 19.1 Å². The second kappa shape index (κ2) is 6.90. The number of amides is 2. The lowest BCUT2D eigenvalue weighted by atomic mass is 9.94. The standard InChI is InChI=1S/C19H21N5O3S/c1-10-13(9-22-24(10)3)16-12(7-15(25)23(16)2)8-21-18(26)14-6-11-4-5-20-19(27)17(11)28-14/h4-6,9,12,16H,7-8H2,1-3H3,(H,20,27)(H,21,26)/t12-,16+/m1/s1. The van der Waals surface area contributed by atoms with E-state index in [9.17, 15) is 14.4 Å². The minimum atomic E-state index is -0.232. The number of carbonyl (C=O) groups is 2. The van der Waals surface area contributed by atoms with Gasteiger partial charge in [-0.2, -0.15) is 5.10 Å². The van der Waals surface area contributed by atoms with Crippen molar-refractivity contribution in [2.75, 3.05) is 13.6 Å². The molecule has 0 spiro atoms. The molecular formula is C19H21N5O3S. The molecule has 3 aromatic heterocycles. The number of aryl methyl sites for hydroxylation is 1. The largest absolute Gasteiger partial charge is 0.351 e. The third-order valence-corrected chi connectivity index (χ3v) is 6.63. The summed E-state index contributed by atoms with van der Waals surface area (Å²) in [4.78, 5) is 41.6. The molecule has 1 aliphatic heterocycles. The zero-order valence-corrected chi connectivity index (χ0v) is 16.7. The Morgan fingerprint density at radius 2 is 2.18 bits per heavy atom. The third-order valence-electron chi connectivity index (χ3n) is 5.48. The summed E-state index contributed by atoms with van der Waals surface area (Å²) in [6.45, 7) is 2.35. The number of nitrogens with one attached hydrogen (secondary N) is 2. The first-order chi connectivity index (χ1) is 13.4. The zero-order valence-electron chi connectivity index (χ0n) is 15.9. The zero-order chi connectivity index (χ0) is 20.0. The molecule has 4 heterocycles. The monoisotopic (exact) mass is 399 g/mol. The highest BCUT2D eigenvalue weighted by atomic mass is 32.1. The van der Waals surface area contributed by atoms with Crippen molar-refractivity contribution in [1.29, 1.82) is 0 Å². The number of aromatic amines is 1. The lowest BCUT2D eigenvalue weighted by Gasteiger charge is -2.25. The molecule has 0 radical (unpaired) electrons. The lowest BCUT2D eigenvalue weighted by molar-refractivity contribution is -0.127. The van der Waals surface area contributed by atoms with Gasteiger partial charge >= 0.3 is 0 Å². The van der Waals surface area contributed by atoms with Gasteiger partial charge in [0, 0.05) is 55.8 Å². The molecule has 2 amide bonds. The fourth-order valence-corrected chi connectivity index (χ4v) is 4.77. The first kappa shape index (κ1) is 18.4. The highest BCUT2D eigenvalue weighted by Gasteiger charge is 2.40. The highest BCUT2D eigenvalue weighted by Crippen LogP contribution is 2.37. The molecule has 2 N–H and O–H groups in total. The van der Waals surface area contributed by atoms with Gasteiger partial charge in [0.2, 0.25) is 5.91 Å². The Hall–Kier alpha value is -2.94. The summed E-state index contributed by atoms with van der Waals surface area (Å²) in [6.07, 6.45) is 3.74. The summed E-state index contributed by atoms with van der Waals surface area (Å²) < 4.78 is 2.32. The summed E-state index contributed by atoms with van der Waals surface area (Å²) in [5.41, 5.74) is 1.81. The second-order valence-electron chi connectivity index (χ2n) is 7.13. The number of hydrogen-bond donors (Lipinski definition) is 2. The van der Waals surface area contributed by atoms with Crippen LogP contribution in [0.25, 0.3) is 10.1 Å². The molecule has 28 heavy (non-hydrogen) atoms. The molecule has 0 aromatic carbocycles. The van der Waals surface area contributed by atoms with Crippen LogP contribution in [-0.2, 0) is 11.8 Å². The number of thiophene rings is 1. The molecule has 4 rings (SSSR count). The molecule has 9 heteroatoms. The molecule has 3 aromatic rings. The van der Waals surface area contributed by atoms with Crippen molar-refractivity contribution in [1.82, 2.24) is 25.0 Å². The van der Waals surface area contributed by atoms with Gasteiger partial charge in [-0.15, -0.1) is 11.3 Å². The van der Waals surface area contributed by atoms with Crippen molar-refractivity contribution >= 4 is 33.2 Å². The van der Waals surface area contributed by atoms with Crippen LogP contribution in [0.1, 0.15) is 33.4 Å². The maximum absolute atomic E-state index is 12.6. The number of fused-ring (bicyclic) bond motifs is 1. The van der Waals surface area contributed by atoms with E-state index in [-0.39, 0.29) is 29.3 Å². The Kier molecular flexibility index (Phi) is 4.54. The third kappa shape index (κ3) is 3.01. The Balaban J connectivity index is 1.53. The van der Waals surface area contributed by atoms with Crippen molar-refractivity contribution in [3.8, 4) is 0 Å². The van der Waals surface area contributed by atoms with E-state index in [0.29, 0.717) is 22.5 Å². The van der Waals surface area contributed by atoms with E-state index in [0.717, 1.165) is 16.6 Å². The number of H-pyrrole nitrogens is 1. The van der Waals surface area contributed by atoms with Crippen LogP contribution in [0.2, 0.25) is 0 Å². The molecule has 1 aliphatic rings. The number of aromatic nitrogens is 3. The smallest absolute Gasteiger partial charge is 0.265 e. The van der Waals surface area contributed by atoms with Gasteiger partial charge in [-0.1, -0.05) is 0 Å². The molecule has 1 fully saturated rings. The summed E-state index contributed by atoms with van der Waals surface area (Å²) in [6, 6.07) is 3.38. The van der Waals surface area contributed by atoms with Crippen molar-refractivity contribution in [2.24, 2.45) is 13.0 Å². The van der Waals surface area contributed by atoms with Crippen molar-refractivity contribution in [2.45, 2.75) is 19.4 Å². The lowest BCUT2D eigenvalue weighted by Crippen LogP contribution is -2.32. The van der Waals surface area contributed by atoms with Crippen LogP contribution in [0.15, 0.2) is 29.3 Å². The van der Waals surface area contributed by atoms with Gasteiger partial charge in [0.25, 0.3) is 11.5 Å². The van der Waals surface area contributed by atoms with E-state index in [2.05, 4.69) is 15.4 Å². The summed E-state index contributed by atoms with van der Waals surface area (Å²) in [7, 11) is 3.66. The quantitative estimate of drug-likeness (QED) is 0.696. The SMILES string of the molecule is Cc1c([C@@H]2[C@@H](CNC(=O)c3cc4cc[nH]c(=O)c4s3)CC(=O)N2C)cnn1C. The summed E-state index contributed by atoms with van der Waals surface area (Å²) in [5.74, 6) is -0.215. The van der Waals surface area contributed by atoms with Gasteiger partial charge in [0.1, 0.15) is 4.70 Å². The summed E-state index contributed by atoms with van der Waals surface area (Å²) >= 11 is 1.17. The normalized spacial score (nSPS) is 19.5. The Bertz CT molecular complexity index is 1130. The molecule has 0 aliphatic carbocycles. The van der Waals surface area contributed by atoms with Crippen molar-refractivity contribution < 1.29 is 9.59 Å². The topological polar surface area (TPSA) is 100 Å². The molecule has 146 valence electrons. The Labute approximate surface area is 165 Å². The molecular weight excluding hydrogens is 378 g/mol. The second-order valence-corrected chi connectivity index (χ2v) is 8.19. The molecule has 0 saturated carbocycles. The highest BCUT2D eigenvalue weighted by molar-refractivity contribution is 7.20. The fraction of sp³-hybridized carbons (Fsp3) is 0.368. The fourth-order valence-electron chi connectivity index (χ4n) is 3.81. The average molecular weight is 399 g/mol. The van der Waals surface area contributed by atoms with Crippen LogP contribution in [-0.4, -0.2) is 45.1 Å². The van der Waals surface area contributed by atoms with Gasteiger partial charge in [-0.05, 0) is 19.1 Å². The predicted molar refractivity (Wildman–Crippen MR) is 106 cm³/mol. The number of nitrogens with zero attached hydrogens (tertiary/aromatic N) is 3. The maximum Gasteiger partial charge on any atom is 0.265 e. The van der Waals surface area contributed by atoms with E-state index in [1.54, 1.807) is 41.2 Å². The van der Waals surface area contributed by atoms with Gasteiger partial charge < -0.3 is 15.2 Å². The summed E-state index contributed by atoms with van der Waals surface area (Å²) in [5, 5.41) is 7.98. The Morgan fingerprint density at radius 1 is 1.39 bits per heavy atom. The first-order valence-electron chi connectivity index (χ1n) is 9.00. The van der Waals surface area contributed by atoms with E-state index in [1.165, 1.54) is 11.3 Å². The van der Waals surface area contributed by atoms with Crippen LogP contribution in [0.3, 0.4) is 0 Å². The van der Waals surface area contributed by atoms with Crippen LogP contribution < -0.4 is 10.9 Å². The van der Waals surface area contributed by atoms with Crippen LogP contribution in [0.5, 0.6) is 0 Å². The van der Waals surface area contributed by atoms with Gasteiger partial charge in [-0.25, -0.2) is 0 Å².